The van der Waals surface area contributed by atoms with Crippen molar-refractivity contribution in [1.82, 2.24) is 0 Å². The van der Waals surface area contributed by atoms with Crippen LogP contribution in [-0.2, 0) is 0 Å². The van der Waals surface area contributed by atoms with Crippen LogP contribution in [0.2, 0.25) is 0 Å². The zero-order chi connectivity index (χ0) is 12.1. The summed E-state index contributed by atoms with van der Waals surface area (Å²) in [5.41, 5.74) is 1.03. The minimum absolute atomic E-state index is 0. The van der Waals surface area contributed by atoms with Gasteiger partial charge in [0.15, 0.2) is 0 Å². The second-order valence-electron chi connectivity index (χ2n) is 3.39. The quantitative estimate of drug-likeness (QED) is 0.374. The summed E-state index contributed by atoms with van der Waals surface area (Å²) in [6.07, 6.45) is 0. The zero-order valence-electron chi connectivity index (χ0n) is 11.4. The molecular weight excluding hydrogens is 228 g/mol. The SMILES string of the molecule is COc1[c]c(C([O-])=Nc2ccccc2)ccc1.[Li+].[Li]. The number of nitrogens with zero attached hydrogens (tertiary/aromatic N) is 1. The van der Waals surface area contributed by atoms with Crippen LogP contribution < -0.4 is 28.7 Å². The van der Waals surface area contributed by atoms with E-state index in [2.05, 4.69) is 11.1 Å². The number of aliphatic imine (C=N–C) groups is 1. The number of ether oxygens (including phenoxy) is 1. The van der Waals surface area contributed by atoms with E-state index in [4.69, 9.17) is 4.74 Å². The molecule has 0 fully saturated rings. The fourth-order valence-corrected chi connectivity index (χ4v) is 1.37. The standard InChI is InChI=1S/C14H12NO2.2Li/c1-17-13-9-5-6-11(10-13)14(16)15-12-7-3-2-4-8-12;;/h2-9H,1H3,(H,15,16);;/q;;+1/p-1. The van der Waals surface area contributed by atoms with Crippen LogP contribution in [-0.4, -0.2) is 31.9 Å². The van der Waals surface area contributed by atoms with E-state index in [1.54, 1.807) is 30.3 Å². The van der Waals surface area contributed by atoms with Gasteiger partial charge in [0.25, 0.3) is 0 Å². The first kappa shape index (κ1) is 17.9. The second kappa shape index (κ2) is 8.91. The Labute approximate surface area is 137 Å². The summed E-state index contributed by atoms with van der Waals surface area (Å²) in [4.78, 5) is 3.98. The topological polar surface area (TPSA) is 44.6 Å². The molecule has 2 rings (SSSR count). The average molecular weight is 239 g/mol. The summed E-state index contributed by atoms with van der Waals surface area (Å²) in [6, 6.07) is 17.1. The third-order valence-electron chi connectivity index (χ3n) is 2.21. The Morgan fingerprint density at radius 3 is 2.42 bits per heavy atom. The predicted molar refractivity (Wildman–Crippen MR) is 70.2 cm³/mol. The maximum absolute atomic E-state index is 11.8. The smallest absolute Gasteiger partial charge is 0.858 e. The van der Waals surface area contributed by atoms with E-state index in [1.807, 2.05) is 18.2 Å². The largest absolute Gasteiger partial charge is 1.00 e. The summed E-state index contributed by atoms with van der Waals surface area (Å²) < 4.78 is 5.01. The summed E-state index contributed by atoms with van der Waals surface area (Å²) in [7, 11) is 1.54. The van der Waals surface area contributed by atoms with Gasteiger partial charge in [0.2, 0.25) is 0 Å². The van der Waals surface area contributed by atoms with Gasteiger partial charge in [-0.15, -0.1) is 0 Å². The third-order valence-corrected chi connectivity index (χ3v) is 2.21. The molecule has 0 saturated carbocycles. The van der Waals surface area contributed by atoms with Crippen LogP contribution in [0.4, 0.5) is 5.69 Å². The monoisotopic (exact) mass is 239 g/mol. The molecule has 19 heavy (non-hydrogen) atoms. The fourth-order valence-electron chi connectivity index (χ4n) is 1.37. The van der Waals surface area contributed by atoms with Gasteiger partial charge in [-0.05, 0) is 29.7 Å². The molecule has 0 spiro atoms. The number of rotatable bonds is 3. The molecule has 5 heteroatoms. The van der Waals surface area contributed by atoms with Crippen molar-refractivity contribution >= 4 is 30.4 Å². The molecule has 86 valence electrons. The molecule has 0 aromatic heterocycles. The van der Waals surface area contributed by atoms with E-state index in [-0.39, 0.29) is 43.6 Å². The van der Waals surface area contributed by atoms with Crippen LogP contribution in [0, 0.1) is 6.07 Å². The fraction of sp³-hybridized carbons (Fsp3) is 0.0714. The van der Waals surface area contributed by atoms with E-state index in [9.17, 15) is 5.11 Å². The van der Waals surface area contributed by atoms with Crippen molar-refractivity contribution < 1.29 is 28.7 Å². The van der Waals surface area contributed by atoms with Gasteiger partial charge in [0.05, 0.1) is 12.8 Å². The Morgan fingerprint density at radius 2 is 1.79 bits per heavy atom. The molecule has 0 unspecified atom stereocenters. The second-order valence-corrected chi connectivity index (χ2v) is 3.39. The van der Waals surface area contributed by atoms with Crippen LogP contribution in [0.15, 0.2) is 53.5 Å². The summed E-state index contributed by atoms with van der Waals surface area (Å²) >= 11 is 0. The molecular formula is C14H11Li2NO2. The molecule has 0 bridgehead atoms. The van der Waals surface area contributed by atoms with Gasteiger partial charge >= 0.3 is 18.9 Å². The Morgan fingerprint density at radius 1 is 1.11 bits per heavy atom. The van der Waals surface area contributed by atoms with Crippen molar-refractivity contribution in [2.24, 2.45) is 4.99 Å². The van der Waals surface area contributed by atoms with Crippen molar-refractivity contribution in [2.75, 3.05) is 7.11 Å². The Bertz CT molecular complexity index is 530. The molecule has 0 aliphatic rings. The van der Waals surface area contributed by atoms with Crippen LogP contribution in [0.1, 0.15) is 5.56 Å². The zero-order valence-corrected chi connectivity index (χ0v) is 11.4. The van der Waals surface area contributed by atoms with Crippen LogP contribution in [0.25, 0.3) is 0 Å². The first-order valence-electron chi connectivity index (χ1n) is 5.17. The molecule has 0 amide bonds. The van der Waals surface area contributed by atoms with Crippen LogP contribution in [0.3, 0.4) is 0 Å². The molecule has 0 aliphatic heterocycles. The van der Waals surface area contributed by atoms with Crippen molar-refractivity contribution in [2.45, 2.75) is 0 Å². The number of para-hydroxylation sites is 1. The number of hydrogen-bond donors (Lipinski definition) is 0. The average Bonchev–Trinajstić information content (AvgIpc) is 2.40. The van der Waals surface area contributed by atoms with Gasteiger partial charge < -0.3 is 9.84 Å². The van der Waals surface area contributed by atoms with Crippen molar-refractivity contribution in [1.29, 1.82) is 0 Å². The molecule has 2 aromatic rings. The van der Waals surface area contributed by atoms with Gasteiger partial charge in [0, 0.05) is 24.9 Å². The molecule has 0 N–H and O–H groups in total. The summed E-state index contributed by atoms with van der Waals surface area (Å²) in [6.45, 7) is 0. The first-order chi connectivity index (χ1) is 8.29. The molecule has 2 radical (unpaired) electrons. The third kappa shape index (κ3) is 5.19. The Hall–Kier alpha value is -1.10. The van der Waals surface area contributed by atoms with E-state index in [0.29, 0.717) is 17.0 Å². The summed E-state index contributed by atoms with van der Waals surface area (Å²) in [5.74, 6) is 0.203. The molecule has 0 heterocycles. The van der Waals surface area contributed by atoms with E-state index in [1.165, 1.54) is 7.11 Å². The van der Waals surface area contributed by atoms with Crippen LogP contribution >= 0.6 is 0 Å². The van der Waals surface area contributed by atoms with Gasteiger partial charge in [0.1, 0.15) is 5.75 Å². The molecule has 2 aromatic carbocycles. The molecule has 0 aliphatic carbocycles. The molecule has 3 nitrogen and oxygen atoms in total. The minimum Gasteiger partial charge on any atom is -0.858 e. The maximum atomic E-state index is 11.8. The molecule has 0 atom stereocenters. The maximum Gasteiger partial charge on any atom is 1.00 e. The van der Waals surface area contributed by atoms with Gasteiger partial charge in [-0.3, -0.25) is 4.99 Å². The Kier molecular flexibility index (Phi) is 8.40. The van der Waals surface area contributed by atoms with Gasteiger partial charge in [-0.2, -0.15) is 0 Å². The van der Waals surface area contributed by atoms with E-state index >= 15 is 0 Å². The number of hydrogen-bond acceptors (Lipinski definition) is 3. The Balaban J connectivity index is 0.00000162. The van der Waals surface area contributed by atoms with E-state index < -0.39 is 0 Å². The summed E-state index contributed by atoms with van der Waals surface area (Å²) in [5, 5.41) is 11.8. The predicted octanol–water partition coefficient (Wildman–Crippen LogP) is -1.44. The molecule has 0 saturated heterocycles. The number of benzene rings is 2. The number of methoxy groups -OCH3 is 1. The normalized spacial score (nSPS) is 10.1. The van der Waals surface area contributed by atoms with Gasteiger partial charge in [-0.1, -0.05) is 30.3 Å². The minimum atomic E-state index is -0.324. The first-order valence-corrected chi connectivity index (χ1v) is 5.17. The van der Waals surface area contributed by atoms with Gasteiger partial charge in [-0.25, -0.2) is 0 Å². The van der Waals surface area contributed by atoms with Crippen molar-refractivity contribution in [3.05, 3.63) is 60.2 Å². The van der Waals surface area contributed by atoms with E-state index in [0.717, 1.165) is 0 Å². The van der Waals surface area contributed by atoms with Crippen molar-refractivity contribution in [3.63, 3.8) is 0 Å². The van der Waals surface area contributed by atoms with Crippen LogP contribution in [0.5, 0.6) is 5.75 Å². The van der Waals surface area contributed by atoms with Crippen molar-refractivity contribution in [3.8, 4) is 5.75 Å².